The van der Waals surface area contributed by atoms with Crippen LogP contribution in [0.25, 0.3) is 0 Å². The maximum atomic E-state index is 11.8. The van der Waals surface area contributed by atoms with Gasteiger partial charge in [0.15, 0.2) is 0 Å². The third kappa shape index (κ3) is 4.26. The third-order valence-electron chi connectivity index (χ3n) is 3.53. The lowest BCUT2D eigenvalue weighted by Crippen LogP contribution is -2.42. The lowest BCUT2D eigenvalue weighted by atomic mass is 9.95. The van der Waals surface area contributed by atoms with Crippen LogP contribution in [0.15, 0.2) is 24.3 Å². The van der Waals surface area contributed by atoms with E-state index in [-0.39, 0.29) is 24.4 Å². The Bertz CT molecular complexity index is 482. The zero-order valence-corrected chi connectivity index (χ0v) is 11.5. The van der Waals surface area contributed by atoms with Gasteiger partial charge >= 0.3 is 0 Å². The summed E-state index contributed by atoms with van der Waals surface area (Å²) in [5.74, 6) is -0.412. The van der Waals surface area contributed by atoms with E-state index in [0.717, 1.165) is 12.8 Å². The zero-order valence-electron chi connectivity index (χ0n) is 11.5. The number of rotatable bonds is 4. The average Bonchev–Trinajstić information content (AvgIpc) is 2.46. The van der Waals surface area contributed by atoms with Crippen molar-refractivity contribution in [3.63, 3.8) is 0 Å². The molecule has 0 bridgehead atoms. The molecule has 1 aliphatic rings. The van der Waals surface area contributed by atoms with Gasteiger partial charge in [0.1, 0.15) is 0 Å². The molecule has 0 aliphatic heterocycles. The van der Waals surface area contributed by atoms with Gasteiger partial charge in [0.25, 0.3) is 5.91 Å². The molecule has 5 heteroatoms. The Kier molecular flexibility index (Phi) is 4.98. The van der Waals surface area contributed by atoms with Crippen molar-refractivity contribution < 1.29 is 9.59 Å². The molecule has 1 aromatic rings. The zero-order chi connectivity index (χ0) is 14.4. The minimum Gasteiger partial charge on any atom is -0.399 e. The van der Waals surface area contributed by atoms with Gasteiger partial charge in [-0.15, -0.1) is 0 Å². The van der Waals surface area contributed by atoms with E-state index in [1.54, 1.807) is 24.3 Å². The summed E-state index contributed by atoms with van der Waals surface area (Å²) in [5, 5.41) is 5.57. The van der Waals surface area contributed by atoms with E-state index in [1.807, 2.05) is 0 Å². The number of anilines is 1. The molecule has 5 nitrogen and oxygen atoms in total. The van der Waals surface area contributed by atoms with E-state index in [2.05, 4.69) is 10.6 Å². The molecule has 0 spiro atoms. The summed E-state index contributed by atoms with van der Waals surface area (Å²) in [7, 11) is 0. The van der Waals surface area contributed by atoms with Gasteiger partial charge in [0, 0.05) is 17.3 Å². The quantitative estimate of drug-likeness (QED) is 0.727. The molecule has 1 fully saturated rings. The minimum atomic E-state index is -0.281. The summed E-state index contributed by atoms with van der Waals surface area (Å²) < 4.78 is 0. The number of nitrogens with one attached hydrogen (secondary N) is 2. The molecule has 0 unspecified atom stereocenters. The lowest BCUT2D eigenvalue weighted by Gasteiger charge is -2.22. The third-order valence-corrected chi connectivity index (χ3v) is 3.53. The van der Waals surface area contributed by atoms with Gasteiger partial charge in [-0.2, -0.15) is 0 Å². The molecule has 2 amide bonds. The summed E-state index contributed by atoms with van der Waals surface area (Å²) in [6, 6.07) is 6.96. The van der Waals surface area contributed by atoms with Crippen LogP contribution in [0, 0.1) is 0 Å². The van der Waals surface area contributed by atoms with Gasteiger partial charge in [-0.3, -0.25) is 9.59 Å². The first kappa shape index (κ1) is 14.4. The molecule has 108 valence electrons. The fourth-order valence-corrected chi connectivity index (χ4v) is 2.47. The van der Waals surface area contributed by atoms with Crippen molar-refractivity contribution in [2.45, 2.75) is 38.1 Å². The molecular weight excluding hydrogens is 254 g/mol. The van der Waals surface area contributed by atoms with E-state index < -0.39 is 0 Å². The Labute approximate surface area is 118 Å². The normalized spacial score (nSPS) is 15.6. The summed E-state index contributed by atoms with van der Waals surface area (Å²) in [4.78, 5) is 23.6. The molecule has 20 heavy (non-hydrogen) atoms. The highest BCUT2D eigenvalue weighted by atomic mass is 16.2. The van der Waals surface area contributed by atoms with Gasteiger partial charge in [-0.05, 0) is 31.0 Å². The van der Waals surface area contributed by atoms with Gasteiger partial charge in [0.2, 0.25) is 5.91 Å². The maximum absolute atomic E-state index is 11.8. The van der Waals surface area contributed by atoms with Crippen LogP contribution >= 0.6 is 0 Å². The lowest BCUT2D eigenvalue weighted by molar-refractivity contribution is -0.121. The van der Waals surface area contributed by atoms with Gasteiger partial charge in [-0.1, -0.05) is 25.3 Å². The molecule has 4 N–H and O–H groups in total. The number of carbonyl (C=O) groups is 2. The number of hydrogen-bond acceptors (Lipinski definition) is 3. The largest absolute Gasteiger partial charge is 0.399 e. The number of benzene rings is 1. The Morgan fingerprint density at radius 3 is 2.65 bits per heavy atom. The van der Waals surface area contributed by atoms with E-state index >= 15 is 0 Å². The number of nitrogens with two attached hydrogens (primary N) is 1. The number of nitrogen functional groups attached to an aromatic ring is 1. The summed E-state index contributed by atoms with van der Waals surface area (Å²) in [5.41, 5.74) is 6.62. The first-order valence-electron chi connectivity index (χ1n) is 7.08. The van der Waals surface area contributed by atoms with Crippen molar-refractivity contribution in [3.05, 3.63) is 29.8 Å². The summed E-state index contributed by atoms with van der Waals surface area (Å²) >= 11 is 0. The second-order valence-electron chi connectivity index (χ2n) is 5.21. The SMILES string of the molecule is Nc1cccc(C(=O)NCC(=O)NC2CCCCC2)c1. The smallest absolute Gasteiger partial charge is 0.251 e. The molecule has 0 atom stereocenters. The van der Waals surface area contributed by atoms with E-state index in [4.69, 9.17) is 5.73 Å². The molecule has 1 saturated carbocycles. The standard InChI is InChI=1S/C15H21N3O2/c16-12-6-4-5-11(9-12)15(20)17-10-14(19)18-13-7-2-1-3-8-13/h4-6,9,13H,1-3,7-8,10,16H2,(H,17,20)(H,18,19). The highest BCUT2D eigenvalue weighted by molar-refractivity contribution is 5.97. The van der Waals surface area contributed by atoms with E-state index in [9.17, 15) is 9.59 Å². The van der Waals surface area contributed by atoms with Crippen molar-refractivity contribution >= 4 is 17.5 Å². The number of carbonyl (C=O) groups excluding carboxylic acids is 2. The first-order chi connectivity index (χ1) is 9.65. The van der Waals surface area contributed by atoms with E-state index in [0.29, 0.717) is 11.3 Å². The molecule has 0 heterocycles. The molecular formula is C15H21N3O2. The molecule has 0 aromatic heterocycles. The fourth-order valence-electron chi connectivity index (χ4n) is 2.47. The maximum Gasteiger partial charge on any atom is 0.251 e. The molecule has 1 aromatic carbocycles. The number of hydrogen-bond donors (Lipinski definition) is 3. The predicted molar refractivity (Wildman–Crippen MR) is 78.2 cm³/mol. The van der Waals surface area contributed by atoms with Crippen LogP contribution in [0.5, 0.6) is 0 Å². The average molecular weight is 275 g/mol. The minimum absolute atomic E-state index is 0.00410. The van der Waals surface area contributed by atoms with Gasteiger partial charge < -0.3 is 16.4 Å². The van der Waals surface area contributed by atoms with Crippen LogP contribution in [0.3, 0.4) is 0 Å². The van der Waals surface area contributed by atoms with Crippen molar-refractivity contribution in [3.8, 4) is 0 Å². The van der Waals surface area contributed by atoms with Crippen LogP contribution in [-0.4, -0.2) is 24.4 Å². The van der Waals surface area contributed by atoms with E-state index in [1.165, 1.54) is 19.3 Å². The van der Waals surface area contributed by atoms with Crippen molar-refractivity contribution in [1.82, 2.24) is 10.6 Å². The fraction of sp³-hybridized carbons (Fsp3) is 0.467. The molecule has 2 rings (SSSR count). The molecule has 0 saturated heterocycles. The highest BCUT2D eigenvalue weighted by Gasteiger charge is 2.16. The summed E-state index contributed by atoms with van der Waals surface area (Å²) in [6.07, 6.45) is 5.66. The Morgan fingerprint density at radius 2 is 1.95 bits per heavy atom. The van der Waals surface area contributed by atoms with Gasteiger partial charge in [-0.25, -0.2) is 0 Å². The highest BCUT2D eigenvalue weighted by Crippen LogP contribution is 2.17. The summed E-state index contributed by atoms with van der Waals surface area (Å²) in [6.45, 7) is 0.00410. The number of amides is 2. The van der Waals surface area contributed by atoms with Crippen LogP contribution < -0.4 is 16.4 Å². The van der Waals surface area contributed by atoms with Crippen LogP contribution in [0.4, 0.5) is 5.69 Å². The predicted octanol–water partition coefficient (Wildman–Crippen LogP) is 1.45. The second kappa shape index (κ2) is 6.93. The molecule has 0 radical (unpaired) electrons. The van der Waals surface area contributed by atoms with Crippen molar-refractivity contribution in [2.24, 2.45) is 0 Å². The molecule has 1 aliphatic carbocycles. The second-order valence-corrected chi connectivity index (χ2v) is 5.21. The Hall–Kier alpha value is -2.04. The van der Waals surface area contributed by atoms with Gasteiger partial charge in [0.05, 0.1) is 6.54 Å². The van der Waals surface area contributed by atoms with Crippen LogP contribution in [0.1, 0.15) is 42.5 Å². The van der Waals surface area contributed by atoms with Crippen LogP contribution in [0.2, 0.25) is 0 Å². The first-order valence-corrected chi connectivity index (χ1v) is 7.08. The Balaban J connectivity index is 1.76. The Morgan fingerprint density at radius 1 is 1.20 bits per heavy atom. The van der Waals surface area contributed by atoms with Crippen molar-refractivity contribution in [2.75, 3.05) is 12.3 Å². The van der Waals surface area contributed by atoms with Crippen molar-refractivity contribution in [1.29, 1.82) is 0 Å². The topological polar surface area (TPSA) is 84.2 Å². The monoisotopic (exact) mass is 275 g/mol. The van der Waals surface area contributed by atoms with Crippen LogP contribution in [-0.2, 0) is 4.79 Å².